The third-order valence-corrected chi connectivity index (χ3v) is 5.17. The molecule has 1 amide bonds. The van der Waals surface area contributed by atoms with Crippen molar-refractivity contribution >= 4 is 15.7 Å². The Morgan fingerprint density at radius 3 is 2.26 bits per heavy atom. The van der Waals surface area contributed by atoms with E-state index in [2.05, 4.69) is 5.32 Å². The zero-order valence-corrected chi connectivity index (χ0v) is 15.7. The van der Waals surface area contributed by atoms with Crippen LogP contribution in [0.4, 0.5) is 13.2 Å². The molecule has 0 spiro atoms. The van der Waals surface area contributed by atoms with Crippen molar-refractivity contribution in [3.63, 3.8) is 0 Å². The van der Waals surface area contributed by atoms with Crippen LogP contribution in [0.3, 0.4) is 0 Å². The summed E-state index contributed by atoms with van der Waals surface area (Å²) in [7, 11) is -3.38. The highest BCUT2D eigenvalue weighted by Gasteiger charge is 2.31. The largest absolute Gasteiger partial charge is 0.416 e. The SMILES string of the molecule is CCCC(NC(=O)c1ccc(S(C)(=O)=O)cc1)c1cccc(C(F)(F)F)c1. The molecular weight excluding hydrogens is 379 g/mol. The molecule has 0 saturated carbocycles. The van der Waals surface area contributed by atoms with Crippen LogP contribution in [0, 0.1) is 0 Å². The summed E-state index contributed by atoms with van der Waals surface area (Å²) < 4.78 is 61.8. The molecule has 146 valence electrons. The fraction of sp³-hybridized carbons (Fsp3) is 0.316. The Morgan fingerprint density at radius 1 is 1.11 bits per heavy atom. The van der Waals surface area contributed by atoms with Gasteiger partial charge < -0.3 is 5.32 Å². The number of rotatable bonds is 6. The summed E-state index contributed by atoms with van der Waals surface area (Å²) in [6, 6.07) is 9.69. The fourth-order valence-electron chi connectivity index (χ4n) is 2.64. The number of hydrogen-bond acceptors (Lipinski definition) is 3. The van der Waals surface area contributed by atoms with E-state index in [1.807, 2.05) is 6.92 Å². The zero-order chi connectivity index (χ0) is 20.2. The van der Waals surface area contributed by atoms with Crippen LogP contribution in [-0.2, 0) is 16.0 Å². The molecule has 0 radical (unpaired) electrons. The zero-order valence-electron chi connectivity index (χ0n) is 14.9. The van der Waals surface area contributed by atoms with Gasteiger partial charge in [-0.15, -0.1) is 0 Å². The number of nitrogens with one attached hydrogen (secondary N) is 1. The Morgan fingerprint density at radius 2 is 1.74 bits per heavy atom. The Bertz CT molecular complexity index is 907. The lowest BCUT2D eigenvalue weighted by molar-refractivity contribution is -0.137. The second-order valence-corrected chi connectivity index (χ2v) is 8.25. The molecule has 4 nitrogen and oxygen atoms in total. The average Bonchev–Trinajstić information content (AvgIpc) is 2.60. The van der Waals surface area contributed by atoms with Gasteiger partial charge >= 0.3 is 6.18 Å². The van der Waals surface area contributed by atoms with Gasteiger partial charge in [-0.2, -0.15) is 13.2 Å². The molecule has 0 aliphatic carbocycles. The normalized spacial score (nSPS) is 13.2. The maximum absolute atomic E-state index is 12.9. The lowest BCUT2D eigenvalue weighted by atomic mass is 9.99. The van der Waals surface area contributed by atoms with E-state index in [4.69, 9.17) is 0 Å². The van der Waals surface area contributed by atoms with E-state index < -0.39 is 33.5 Å². The number of carbonyl (C=O) groups excluding carboxylic acids is 1. The van der Waals surface area contributed by atoms with Gasteiger partial charge in [0.1, 0.15) is 0 Å². The number of carbonyl (C=O) groups is 1. The van der Waals surface area contributed by atoms with Crippen LogP contribution in [0.25, 0.3) is 0 Å². The maximum Gasteiger partial charge on any atom is 0.416 e. The predicted molar refractivity (Wildman–Crippen MR) is 96.1 cm³/mol. The van der Waals surface area contributed by atoms with Crippen molar-refractivity contribution in [2.45, 2.75) is 36.9 Å². The highest BCUT2D eigenvalue weighted by molar-refractivity contribution is 7.90. The van der Waals surface area contributed by atoms with E-state index >= 15 is 0 Å². The molecule has 1 N–H and O–H groups in total. The Hall–Kier alpha value is -2.35. The van der Waals surface area contributed by atoms with Gasteiger partial charge in [-0.3, -0.25) is 4.79 Å². The van der Waals surface area contributed by atoms with Crippen LogP contribution in [0.5, 0.6) is 0 Å². The average molecular weight is 399 g/mol. The lowest BCUT2D eigenvalue weighted by Gasteiger charge is -2.20. The minimum atomic E-state index is -4.46. The highest BCUT2D eigenvalue weighted by Crippen LogP contribution is 2.31. The van der Waals surface area contributed by atoms with Crippen molar-refractivity contribution in [1.82, 2.24) is 5.32 Å². The molecule has 0 aromatic heterocycles. The van der Waals surface area contributed by atoms with E-state index in [0.29, 0.717) is 18.4 Å². The van der Waals surface area contributed by atoms with Gasteiger partial charge in [0.05, 0.1) is 16.5 Å². The molecule has 0 saturated heterocycles. The summed E-state index contributed by atoms with van der Waals surface area (Å²) in [6.45, 7) is 1.87. The Labute approximate surface area is 156 Å². The van der Waals surface area contributed by atoms with E-state index in [9.17, 15) is 26.4 Å². The Balaban J connectivity index is 2.24. The minimum absolute atomic E-state index is 0.0852. The molecule has 27 heavy (non-hydrogen) atoms. The van der Waals surface area contributed by atoms with Crippen LogP contribution < -0.4 is 5.32 Å². The number of hydrogen-bond donors (Lipinski definition) is 1. The maximum atomic E-state index is 12.9. The second kappa shape index (κ2) is 8.12. The molecule has 2 rings (SSSR count). The summed E-state index contributed by atoms with van der Waals surface area (Å²) in [5.41, 5.74) is -0.170. The quantitative estimate of drug-likeness (QED) is 0.784. The van der Waals surface area contributed by atoms with Gasteiger partial charge in [0.2, 0.25) is 0 Å². The monoisotopic (exact) mass is 399 g/mol. The van der Waals surface area contributed by atoms with Crippen LogP contribution in [0.15, 0.2) is 53.4 Å². The first-order valence-corrected chi connectivity index (χ1v) is 10.2. The van der Waals surface area contributed by atoms with E-state index in [1.54, 1.807) is 6.07 Å². The van der Waals surface area contributed by atoms with E-state index in [0.717, 1.165) is 18.4 Å². The number of alkyl halides is 3. The first kappa shape index (κ1) is 21.0. The molecule has 1 unspecified atom stereocenters. The number of sulfone groups is 1. The molecule has 0 heterocycles. The van der Waals surface area contributed by atoms with Crippen LogP contribution in [0.1, 0.15) is 47.3 Å². The van der Waals surface area contributed by atoms with Crippen molar-refractivity contribution in [2.24, 2.45) is 0 Å². The number of benzene rings is 2. The van der Waals surface area contributed by atoms with Crippen LogP contribution >= 0.6 is 0 Å². The molecular formula is C19H20F3NO3S. The van der Waals surface area contributed by atoms with E-state index in [-0.39, 0.29) is 10.5 Å². The molecule has 2 aromatic carbocycles. The molecule has 0 bridgehead atoms. The first-order valence-electron chi connectivity index (χ1n) is 8.30. The van der Waals surface area contributed by atoms with Crippen molar-refractivity contribution in [1.29, 1.82) is 0 Å². The van der Waals surface area contributed by atoms with Crippen molar-refractivity contribution in [3.8, 4) is 0 Å². The molecule has 1 atom stereocenters. The summed E-state index contributed by atoms with van der Waals surface area (Å²) >= 11 is 0. The van der Waals surface area contributed by atoms with Crippen molar-refractivity contribution in [2.75, 3.05) is 6.26 Å². The molecule has 8 heteroatoms. The van der Waals surface area contributed by atoms with Gasteiger partial charge in [-0.05, 0) is 48.4 Å². The third-order valence-electron chi connectivity index (χ3n) is 4.04. The summed E-state index contributed by atoms with van der Waals surface area (Å²) in [5, 5.41) is 2.73. The minimum Gasteiger partial charge on any atom is -0.345 e. The van der Waals surface area contributed by atoms with Crippen LogP contribution in [0.2, 0.25) is 0 Å². The molecule has 0 aliphatic heterocycles. The van der Waals surface area contributed by atoms with Crippen molar-refractivity contribution < 1.29 is 26.4 Å². The summed E-state index contributed by atoms with van der Waals surface area (Å²) in [4.78, 5) is 12.5. The van der Waals surface area contributed by atoms with Gasteiger partial charge in [0, 0.05) is 11.8 Å². The molecule has 0 fully saturated rings. The van der Waals surface area contributed by atoms with Gasteiger partial charge in [-0.25, -0.2) is 8.42 Å². The van der Waals surface area contributed by atoms with Crippen LogP contribution in [-0.4, -0.2) is 20.6 Å². The predicted octanol–water partition coefficient (Wildman–Crippen LogP) is 4.38. The van der Waals surface area contributed by atoms with Gasteiger partial charge in [0.15, 0.2) is 9.84 Å². The summed E-state index contributed by atoms with van der Waals surface area (Å²) in [5.74, 6) is -0.481. The molecule has 0 aliphatic rings. The highest BCUT2D eigenvalue weighted by atomic mass is 32.2. The topological polar surface area (TPSA) is 63.2 Å². The smallest absolute Gasteiger partial charge is 0.345 e. The van der Waals surface area contributed by atoms with Gasteiger partial charge in [-0.1, -0.05) is 25.5 Å². The van der Waals surface area contributed by atoms with Crippen molar-refractivity contribution in [3.05, 3.63) is 65.2 Å². The standard InChI is InChI=1S/C19H20F3NO3S/c1-3-5-17(14-6-4-7-15(12-14)19(20,21)22)23-18(24)13-8-10-16(11-9-13)27(2,25)26/h4,6-12,17H,3,5H2,1-2H3,(H,23,24). The van der Waals surface area contributed by atoms with E-state index in [1.165, 1.54) is 30.3 Å². The first-order chi connectivity index (χ1) is 12.5. The molecule has 2 aromatic rings. The lowest BCUT2D eigenvalue weighted by Crippen LogP contribution is -2.28. The fourth-order valence-corrected chi connectivity index (χ4v) is 3.27. The second-order valence-electron chi connectivity index (χ2n) is 6.23. The number of amides is 1. The Kier molecular flexibility index (Phi) is 6.30. The summed E-state index contributed by atoms with van der Waals surface area (Å²) in [6.07, 6.45) is -2.27. The van der Waals surface area contributed by atoms with Gasteiger partial charge in [0.25, 0.3) is 5.91 Å². The number of halogens is 3. The third kappa shape index (κ3) is 5.56.